The highest BCUT2D eigenvalue weighted by atomic mass is 16.3. The fourth-order valence-corrected chi connectivity index (χ4v) is 4.32. The van der Waals surface area contributed by atoms with Gasteiger partial charge in [0.2, 0.25) is 0 Å². The zero-order valence-electron chi connectivity index (χ0n) is 16.8. The van der Waals surface area contributed by atoms with Gasteiger partial charge in [0.15, 0.2) is 5.78 Å². The molecule has 0 saturated heterocycles. The van der Waals surface area contributed by atoms with Gasteiger partial charge in [0.05, 0.1) is 11.5 Å². The standard InChI is InChI=1S/C24H27NO3/c1-15-10-12-19(13-11-15)25-20-14-24(4,28)23(17(3)27)22(21(20)16(2)26)18-8-6-5-7-9-18/h5-13,22-23,25,28H,14H2,1-4H3/t22-,23+,24+/m1/s1. The fourth-order valence-electron chi connectivity index (χ4n) is 4.32. The molecule has 4 nitrogen and oxygen atoms in total. The van der Waals surface area contributed by atoms with Gasteiger partial charge in [-0.3, -0.25) is 9.59 Å². The fraction of sp³-hybridized carbons (Fsp3) is 0.333. The van der Waals surface area contributed by atoms with Crippen LogP contribution in [0.4, 0.5) is 5.69 Å². The Morgan fingerprint density at radius 1 is 1.04 bits per heavy atom. The number of benzene rings is 2. The van der Waals surface area contributed by atoms with E-state index >= 15 is 0 Å². The summed E-state index contributed by atoms with van der Waals surface area (Å²) in [5.74, 6) is -1.39. The van der Waals surface area contributed by atoms with E-state index in [4.69, 9.17) is 0 Å². The Morgan fingerprint density at radius 3 is 2.18 bits per heavy atom. The molecule has 0 saturated carbocycles. The van der Waals surface area contributed by atoms with Crippen LogP contribution in [0.1, 0.15) is 44.2 Å². The van der Waals surface area contributed by atoms with Crippen LogP contribution in [0, 0.1) is 12.8 Å². The van der Waals surface area contributed by atoms with Crippen molar-refractivity contribution in [2.45, 2.75) is 45.6 Å². The molecule has 0 unspecified atom stereocenters. The lowest BCUT2D eigenvalue weighted by Gasteiger charge is -2.43. The highest BCUT2D eigenvalue weighted by Gasteiger charge is 2.49. The van der Waals surface area contributed by atoms with Crippen LogP contribution in [-0.2, 0) is 9.59 Å². The SMILES string of the molecule is CC(=O)C1=C(Nc2ccc(C)cc2)C[C@](C)(O)[C@@H](C(C)=O)[C@@H]1c1ccccc1. The summed E-state index contributed by atoms with van der Waals surface area (Å²) < 4.78 is 0. The van der Waals surface area contributed by atoms with Gasteiger partial charge in [0.25, 0.3) is 0 Å². The van der Waals surface area contributed by atoms with E-state index in [1.165, 1.54) is 13.8 Å². The minimum atomic E-state index is -1.27. The topological polar surface area (TPSA) is 66.4 Å². The van der Waals surface area contributed by atoms with Crippen molar-refractivity contribution >= 4 is 17.3 Å². The smallest absolute Gasteiger partial charge is 0.158 e. The monoisotopic (exact) mass is 377 g/mol. The number of aliphatic hydroxyl groups is 1. The first kappa shape index (κ1) is 20.0. The van der Waals surface area contributed by atoms with Gasteiger partial charge in [0.1, 0.15) is 5.78 Å². The molecular formula is C24H27NO3. The molecule has 146 valence electrons. The number of carbonyl (C=O) groups excluding carboxylic acids is 2. The average molecular weight is 377 g/mol. The lowest BCUT2D eigenvalue weighted by atomic mass is 9.64. The summed E-state index contributed by atoms with van der Waals surface area (Å²) in [5, 5.41) is 14.6. The van der Waals surface area contributed by atoms with Gasteiger partial charge in [-0.2, -0.15) is 0 Å². The highest BCUT2D eigenvalue weighted by molar-refractivity contribution is 5.98. The molecule has 0 radical (unpaired) electrons. The molecule has 3 rings (SSSR count). The van der Waals surface area contributed by atoms with E-state index in [1.807, 2.05) is 61.5 Å². The van der Waals surface area contributed by atoms with E-state index in [9.17, 15) is 14.7 Å². The van der Waals surface area contributed by atoms with Gasteiger partial charge < -0.3 is 10.4 Å². The zero-order valence-corrected chi connectivity index (χ0v) is 16.8. The minimum absolute atomic E-state index is 0.0924. The third kappa shape index (κ3) is 3.92. The van der Waals surface area contributed by atoms with Gasteiger partial charge in [-0.15, -0.1) is 0 Å². The Kier molecular flexibility index (Phi) is 5.52. The molecule has 0 heterocycles. The quantitative estimate of drug-likeness (QED) is 0.811. The number of hydrogen-bond acceptors (Lipinski definition) is 4. The summed E-state index contributed by atoms with van der Waals surface area (Å²) in [6, 6.07) is 17.4. The van der Waals surface area contributed by atoms with Crippen LogP contribution < -0.4 is 5.32 Å². The van der Waals surface area contributed by atoms with Gasteiger partial charge in [-0.1, -0.05) is 48.0 Å². The van der Waals surface area contributed by atoms with E-state index in [0.29, 0.717) is 11.3 Å². The molecule has 2 aromatic rings. The second-order valence-electron chi connectivity index (χ2n) is 7.95. The van der Waals surface area contributed by atoms with Crippen molar-refractivity contribution in [2.24, 2.45) is 5.92 Å². The average Bonchev–Trinajstić information content (AvgIpc) is 2.62. The van der Waals surface area contributed by atoms with Crippen LogP contribution in [0.25, 0.3) is 0 Å². The predicted octanol–water partition coefficient (Wildman–Crippen LogP) is 4.39. The Labute approximate surface area is 166 Å². The number of anilines is 1. The van der Waals surface area contributed by atoms with Crippen LogP contribution in [0.3, 0.4) is 0 Å². The molecule has 3 atom stereocenters. The summed E-state index contributed by atoms with van der Waals surface area (Å²) in [5.41, 5.74) is 2.82. The molecule has 1 aliphatic carbocycles. The van der Waals surface area contributed by atoms with Crippen LogP contribution in [-0.4, -0.2) is 22.3 Å². The van der Waals surface area contributed by atoms with Crippen molar-refractivity contribution in [1.82, 2.24) is 0 Å². The third-order valence-electron chi connectivity index (χ3n) is 5.50. The zero-order chi connectivity index (χ0) is 20.5. The number of aryl methyl sites for hydroxylation is 1. The van der Waals surface area contributed by atoms with Crippen molar-refractivity contribution < 1.29 is 14.7 Å². The Hall–Kier alpha value is -2.72. The number of Topliss-reactive ketones (excluding diaryl/α,β-unsaturated/α-hetero) is 2. The number of carbonyl (C=O) groups is 2. The Bertz CT molecular complexity index is 911. The first-order valence-corrected chi connectivity index (χ1v) is 9.56. The second-order valence-corrected chi connectivity index (χ2v) is 7.95. The number of allylic oxidation sites excluding steroid dienone is 1. The normalized spacial score (nSPS) is 24.8. The maximum Gasteiger partial charge on any atom is 0.158 e. The Morgan fingerprint density at radius 2 is 1.64 bits per heavy atom. The van der Waals surface area contributed by atoms with E-state index in [2.05, 4.69) is 5.32 Å². The summed E-state index contributed by atoms with van der Waals surface area (Å²) in [4.78, 5) is 25.3. The van der Waals surface area contributed by atoms with Crippen LogP contribution in [0.5, 0.6) is 0 Å². The maximum atomic E-state index is 12.7. The highest BCUT2D eigenvalue weighted by Crippen LogP contribution is 2.47. The molecule has 28 heavy (non-hydrogen) atoms. The summed E-state index contributed by atoms with van der Waals surface area (Å²) in [7, 11) is 0. The van der Waals surface area contributed by atoms with Crippen molar-refractivity contribution in [3.63, 3.8) is 0 Å². The molecule has 0 aliphatic heterocycles. The lowest BCUT2D eigenvalue weighted by molar-refractivity contribution is -0.131. The molecule has 4 heteroatoms. The molecular weight excluding hydrogens is 350 g/mol. The van der Waals surface area contributed by atoms with Crippen molar-refractivity contribution in [3.8, 4) is 0 Å². The van der Waals surface area contributed by atoms with E-state index in [1.54, 1.807) is 6.92 Å². The van der Waals surface area contributed by atoms with Crippen molar-refractivity contribution in [2.75, 3.05) is 5.32 Å². The third-order valence-corrected chi connectivity index (χ3v) is 5.50. The molecule has 0 amide bonds. The van der Waals surface area contributed by atoms with Crippen LogP contribution in [0.15, 0.2) is 65.9 Å². The minimum Gasteiger partial charge on any atom is -0.389 e. The largest absolute Gasteiger partial charge is 0.389 e. The van der Waals surface area contributed by atoms with E-state index in [-0.39, 0.29) is 18.0 Å². The van der Waals surface area contributed by atoms with Gasteiger partial charge in [-0.25, -0.2) is 0 Å². The molecule has 2 aromatic carbocycles. The summed E-state index contributed by atoms with van der Waals surface area (Å²) >= 11 is 0. The number of ketones is 2. The predicted molar refractivity (Wildman–Crippen MR) is 111 cm³/mol. The lowest BCUT2D eigenvalue weighted by Crippen LogP contribution is -2.48. The van der Waals surface area contributed by atoms with Gasteiger partial charge in [0, 0.05) is 29.3 Å². The molecule has 0 aromatic heterocycles. The first-order valence-electron chi connectivity index (χ1n) is 9.56. The van der Waals surface area contributed by atoms with Crippen LogP contribution >= 0.6 is 0 Å². The molecule has 2 N–H and O–H groups in total. The van der Waals surface area contributed by atoms with Gasteiger partial charge >= 0.3 is 0 Å². The van der Waals surface area contributed by atoms with Gasteiger partial charge in [-0.05, 0) is 45.4 Å². The summed E-state index contributed by atoms with van der Waals surface area (Å²) in [6.45, 7) is 6.71. The number of hydrogen-bond donors (Lipinski definition) is 2. The number of rotatable bonds is 5. The van der Waals surface area contributed by atoms with Crippen molar-refractivity contribution in [3.05, 3.63) is 77.0 Å². The summed E-state index contributed by atoms with van der Waals surface area (Å²) in [6.07, 6.45) is 0.212. The van der Waals surface area contributed by atoms with Crippen molar-refractivity contribution in [1.29, 1.82) is 0 Å². The Balaban J connectivity index is 2.18. The number of nitrogens with one attached hydrogen (secondary N) is 1. The second kappa shape index (κ2) is 7.72. The maximum absolute atomic E-state index is 12.7. The molecule has 0 fully saturated rings. The first-order chi connectivity index (χ1) is 13.2. The molecule has 0 spiro atoms. The van der Waals surface area contributed by atoms with E-state index in [0.717, 1.165) is 16.8 Å². The molecule has 1 aliphatic rings. The molecule has 0 bridgehead atoms. The van der Waals surface area contributed by atoms with E-state index < -0.39 is 17.4 Å². The van der Waals surface area contributed by atoms with Crippen LogP contribution in [0.2, 0.25) is 0 Å².